The van der Waals surface area contributed by atoms with E-state index in [1.807, 2.05) is 7.05 Å². The van der Waals surface area contributed by atoms with Gasteiger partial charge in [0.15, 0.2) is 0 Å². The fourth-order valence-corrected chi connectivity index (χ4v) is 2.10. The lowest BCUT2D eigenvalue weighted by molar-refractivity contribution is 0.160. The molecule has 0 N–H and O–H groups in total. The summed E-state index contributed by atoms with van der Waals surface area (Å²) in [5.74, 6) is 0.629. The number of halogens is 1. The highest BCUT2D eigenvalue weighted by molar-refractivity contribution is 6.18. The first-order valence-electron chi connectivity index (χ1n) is 4.73. The molecular formula is C9H14ClN3O. The fourth-order valence-electron chi connectivity index (χ4n) is 1.79. The number of hydrogen-bond acceptors (Lipinski definition) is 3. The minimum Gasteiger partial charge on any atom is -0.381 e. The van der Waals surface area contributed by atoms with Crippen LogP contribution in [0.3, 0.4) is 0 Å². The highest BCUT2D eigenvalue weighted by Crippen LogP contribution is 2.33. The first kappa shape index (κ1) is 9.93. The van der Waals surface area contributed by atoms with Crippen LogP contribution in [0.4, 0.5) is 0 Å². The van der Waals surface area contributed by atoms with E-state index < -0.39 is 0 Å². The summed E-state index contributed by atoms with van der Waals surface area (Å²) in [6, 6.07) is 0. The lowest BCUT2D eigenvalue weighted by Gasteiger charge is -2.22. The first-order chi connectivity index (χ1) is 6.74. The van der Waals surface area contributed by atoms with Crippen molar-refractivity contribution in [2.75, 3.05) is 19.1 Å². The highest BCUT2D eigenvalue weighted by atomic mass is 35.5. The van der Waals surface area contributed by atoms with Crippen LogP contribution >= 0.6 is 11.6 Å². The Morgan fingerprint density at radius 3 is 3.07 bits per heavy atom. The smallest absolute Gasteiger partial charge is 0.0833 e. The molecule has 1 fully saturated rings. The van der Waals surface area contributed by atoms with Crippen LogP contribution < -0.4 is 0 Å². The Labute approximate surface area is 88.2 Å². The van der Waals surface area contributed by atoms with Gasteiger partial charge in [-0.1, -0.05) is 0 Å². The largest absolute Gasteiger partial charge is 0.381 e. The topological polar surface area (TPSA) is 39.9 Å². The SMILES string of the molecule is Cn1ncc(CC2(CCl)CCOC2)n1. The molecule has 0 radical (unpaired) electrons. The van der Waals surface area contributed by atoms with Crippen molar-refractivity contribution in [1.29, 1.82) is 0 Å². The van der Waals surface area contributed by atoms with Crippen LogP contribution in [0, 0.1) is 5.41 Å². The molecule has 14 heavy (non-hydrogen) atoms. The Kier molecular flexibility index (Phi) is 2.74. The lowest BCUT2D eigenvalue weighted by atomic mass is 9.85. The van der Waals surface area contributed by atoms with Crippen molar-refractivity contribution in [1.82, 2.24) is 15.0 Å². The second-order valence-electron chi connectivity index (χ2n) is 3.94. The maximum Gasteiger partial charge on any atom is 0.0833 e. The summed E-state index contributed by atoms with van der Waals surface area (Å²) in [4.78, 5) is 1.58. The number of ether oxygens (including phenoxy) is 1. The van der Waals surface area contributed by atoms with E-state index in [0.717, 1.165) is 31.7 Å². The molecule has 1 aromatic heterocycles. The fraction of sp³-hybridized carbons (Fsp3) is 0.778. The van der Waals surface area contributed by atoms with Gasteiger partial charge in [-0.15, -0.1) is 11.6 Å². The number of nitrogens with zero attached hydrogens (tertiary/aromatic N) is 3. The number of alkyl halides is 1. The van der Waals surface area contributed by atoms with Gasteiger partial charge in [-0.2, -0.15) is 15.0 Å². The zero-order valence-electron chi connectivity index (χ0n) is 8.24. The second kappa shape index (κ2) is 3.87. The summed E-state index contributed by atoms with van der Waals surface area (Å²) in [5.41, 5.74) is 1.08. The van der Waals surface area contributed by atoms with Gasteiger partial charge in [0.1, 0.15) is 0 Å². The van der Waals surface area contributed by atoms with E-state index >= 15 is 0 Å². The van der Waals surface area contributed by atoms with E-state index in [0.29, 0.717) is 5.88 Å². The summed E-state index contributed by atoms with van der Waals surface area (Å²) < 4.78 is 5.39. The molecule has 1 aliphatic heterocycles. The van der Waals surface area contributed by atoms with Gasteiger partial charge in [0, 0.05) is 31.4 Å². The first-order valence-corrected chi connectivity index (χ1v) is 5.26. The monoisotopic (exact) mass is 215 g/mol. The average molecular weight is 216 g/mol. The van der Waals surface area contributed by atoms with Crippen molar-refractivity contribution in [3.63, 3.8) is 0 Å². The molecule has 1 aromatic rings. The third kappa shape index (κ3) is 1.91. The predicted molar refractivity (Wildman–Crippen MR) is 53.3 cm³/mol. The maximum absolute atomic E-state index is 5.99. The number of aryl methyl sites for hydroxylation is 1. The van der Waals surface area contributed by atoms with Crippen LogP contribution in [0.25, 0.3) is 0 Å². The molecule has 0 aromatic carbocycles. The number of hydrogen-bond donors (Lipinski definition) is 0. The molecule has 0 saturated carbocycles. The molecule has 1 unspecified atom stereocenters. The molecule has 4 nitrogen and oxygen atoms in total. The van der Waals surface area contributed by atoms with E-state index in [1.54, 1.807) is 11.0 Å². The minimum atomic E-state index is 0.0809. The molecule has 0 amide bonds. The molecule has 1 saturated heterocycles. The van der Waals surface area contributed by atoms with Crippen molar-refractivity contribution in [2.24, 2.45) is 12.5 Å². The van der Waals surface area contributed by atoms with Crippen LogP contribution in [-0.2, 0) is 18.2 Å². The Balaban J connectivity index is 2.08. The molecule has 1 atom stereocenters. The van der Waals surface area contributed by atoms with Crippen molar-refractivity contribution in [3.05, 3.63) is 11.9 Å². The summed E-state index contributed by atoms with van der Waals surface area (Å²) in [7, 11) is 1.82. The number of rotatable bonds is 3. The van der Waals surface area contributed by atoms with Gasteiger partial charge in [-0.3, -0.25) is 0 Å². The van der Waals surface area contributed by atoms with Gasteiger partial charge in [0.05, 0.1) is 18.5 Å². The zero-order chi connectivity index (χ0) is 10.0. The second-order valence-corrected chi connectivity index (χ2v) is 4.21. The van der Waals surface area contributed by atoms with Crippen LogP contribution in [-0.4, -0.2) is 34.1 Å². The van der Waals surface area contributed by atoms with Crippen LogP contribution in [0.5, 0.6) is 0 Å². The van der Waals surface area contributed by atoms with E-state index in [1.165, 1.54) is 0 Å². The maximum atomic E-state index is 5.99. The Hall–Kier alpha value is -0.610. The highest BCUT2D eigenvalue weighted by Gasteiger charge is 2.35. The van der Waals surface area contributed by atoms with Crippen molar-refractivity contribution in [2.45, 2.75) is 12.8 Å². The Morgan fingerprint density at radius 2 is 2.57 bits per heavy atom. The molecule has 78 valence electrons. The molecule has 5 heteroatoms. The van der Waals surface area contributed by atoms with Gasteiger partial charge >= 0.3 is 0 Å². The summed E-state index contributed by atoms with van der Waals surface area (Å²) in [6.45, 7) is 1.56. The molecule has 0 spiro atoms. The third-order valence-corrected chi connectivity index (χ3v) is 3.24. The van der Waals surface area contributed by atoms with E-state index in [4.69, 9.17) is 16.3 Å². The normalized spacial score (nSPS) is 27.0. The molecule has 0 bridgehead atoms. The summed E-state index contributed by atoms with van der Waals surface area (Å²) in [5, 5.41) is 8.30. The van der Waals surface area contributed by atoms with Gasteiger partial charge < -0.3 is 4.74 Å². The third-order valence-electron chi connectivity index (χ3n) is 2.67. The summed E-state index contributed by atoms with van der Waals surface area (Å²) >= 11 is 5.99. The number of aromatic nitrogens is 3. The predicted octanol–water partition coefficient (Wildman–Crippen LogP) is 1.00. The van der Waals surface area contributed by atoms with E-state index in [9.17, 15) is 0 Å². The minimum absolute atomic E-state index is 0.0809. The van der Waals surface area contributed by atoms with Gasteiger partial charge in [0.25, 0.3) is 0 Å². The molecular weight excluding hydrogens is 202 g/mol. The van der Waals surface area contributed by atoms with Gasteiger partial charge in [0.2, 0.25) is 0 Å². The van der Waals surface area contributed by atoms with Gasteiger partial charge in [-0.25, -0.2) is 0 Å². The van der Waals surface area contributed by atoms with Gasteiger partial charge in [-0.05, 0) is 6.42 Å². The summed E-state index contributed by atoms with van der Waals surface area (Å²) in [6.07, 6.45) is 3.68. The van der Waals surface area contributed by atoms with Crippen LogP contribution in [0.1, 0.15) is 12.1 Å². The molecule has 2 heterocycles. The van der Waals surface area contributed by atoms with E-state index in [-0.39, 0.29) is 5.41 Å². The zero-order valence-corrected chi connectivity index (χ0v) is 9.00. The standard InChI is InChI=1S/C9H14ClN3O/c1-13-11-5-8(12-13)4-9(6-10)2-3-14-7-9/h5H,2-4,6-7H2,1H3. The molecule has 0 aliphatic carbocycles. The van der Waals surface area contributed by atoms with Crippen molar-refractivity contribution >= 4 is 11.6 Å². The lowest BCUT2D eigenvalue weighted by Crippen LogP contribution is -2.26. The average Bonchev–Trinajstić information content (AvgIpc) is 2.77. The molecule has 2 rings (SSSR count). The molecule has 1 aliphatic rings. The van der Waals surface area contributed by atoms with Crippen LogP contribution in [0.2, 0.25) is 0 Å². The Bertz CT molecular complexity index is 307. The van der Waals surface area contributed by atoms with Crippen molar-refractivity contribution < 1.29 is 4.74 Å². The Morgan fingerprint density at radius 1 is 1.71 bits per heavy atom. The van der Waals surface area contributed by atoms with E-state index in [2.05, 4.69) is 10.2 Å². The quantitative estimate of drug-likeness (QED) is 0.707. The van der Waals surface area contributed by atoms with Crippen LogP contribution in [0.15, 0.2) is 6.20 Å². The van der Waals surface area contributed by atoms with Crippen molar-refractivity contribution in [3.8, 4) is 0 Å².